The van der Waals surface area contributed by atoms with Crippen molar-refractivity contribution in [3.05, 3.63) is 35.3 Å². The van der Waals surface area contributed by atoms with E-state index in [9.17, 15) is 4.79 Å². The first-order valence-electron chi connectivity index (χ1n) is 7.94. The van der Waals surface area contributed by atoms with Crippen LogP contribution in [-0.2, 0) is 11.2 Å². The summed E-state index contributed by atoms with van der Waals surface area (Å²) in [5, 5.41) is 5.96. The van der Waals surface area contributed by atoms with E-state index in [4.69, 9.17) is 4.74 Å². The van der Waals surface area contributed by atoms with E-state index in [0.29, 0.717) is 18.8 Å². The van der Waals surface area contributed by atoms with E-state index in [2.05, 4.69) is 24.1 Å². The monoisotopic (exact) mass is 332 g/mol. The minimum atomic E-state index is 0.102. The van der Waals surface area contributed by atoms with E-state index in [0.717, 1.165) is 35.0 Å². The van der Waals surface area contributed by atoms with E-state index in [1.54, 1.807) is 18.4 Å². The fourth-order valence-electron chi connectivity index (χ4n) is 2.12. The van der Waals surface area contributed by atoms with Gasteiger partial charge in [0.05, 0.1) is 12.8 Å². The van der Waals surface area contributed by atoms with Crippen molar-refractivity contribution in [2.24, 2.45) is 5.92 Å². The SMILES string of the molecule is COc1ccc(-c2nc(CCC(=O)NCCC(C)C)cs2)cc1. The number of rotatable bonds is 8. The van der Waals surface area contributed by atoms with Crippen molar-refractivity contribution in [2.75, 3.05) is 13.7 Å². The molecule has 1 aromatic carbocycles. The molecule has 0 atom stereocenters. The Kier molecular flexibility index (Phi) is 6.59. The Morgan fingerprint density at radius 3 is 2.70 bits per heavy atom. The Morgan fingerprint density at radius 1 is 1.30 bits per heavy atom. The van der Waals surface area contributed by atoms with Crippen molar-refractivity contribution >= 4 is 17.2 Å². The van der Waals surface area contributed by atoms with Crippen LogP contribution in [0.25, 0.3) is 10.6 Å². The van der Waals surface area contributed by atoms with Gasteiger partial charge in [0.1, 0.15) is 10.8 Å². The minimum absolute atomic E-state index is 0.102. The number of nitrogens with one attached hydrogen (secondary N) is 1. The van der Waals surface area contributed by atoms with Crippen molar-refractivity contribution < 1.29 is 9.53 Å². The summed E-state index contributed by atoms with van der Waals surface area (Å²) in [4.78, 5) is 16.4. The van der Waals surface area contributed by atoms with Crippen molar-refractivity contribution in [1.82, 2.24) is 10.3 Å². The third kappa shape index (κ3) is 5.67. The number of nitrogens with zero attached hydrogens (tertiary/aromatic N) is 1. The van der Waals surface area contributed by atoms with Gasteiger partial charge in [-0.05, 0) is 43.0 Å². The molecule has 4 nitrogen and oxygen atoms in total. The van der Waals surface area contributed by atoms with Gasteiger partial charge in [-0.2, -0.15) is 0 Å². The highest BCUT2D eigenvalue weighted by molar-refractivity contribution is 7.13. The normalized spacial score (nSPS) is 10.8. The molecule has 23 heavy (non-hydrogen) atoms. The predicted molar refractivity (Wildman–Crippen MR) is 94.9 cm³/mol. The number of aromatic nitrogens is 1. The van der Waals surface area contributed by atoms with Gasteiger partial charge in [-0.25, -0.2) is 4.98 Å². The van der Waals surface area contributed by atoms with Crippen LogP contribution in [0.1, 0.15) is 32.4 Å². The Labute approximate surface area is 141 Å². The van der Waals surface area contributed by atoms with Crippen LogP contribution in [0.3, 0.4) is 0 Å². The summed E-state index contributed by atoms with van der Waals surface area (Å²) in [5.41, 5.74) is 2.04. The highest BCUT2D eigenvalue weighted by atomic mass is 32.1. The van der Waals surface area contributed by atoms with Crippen LogP contribution in [0.5, 0.6) is 5.75 Å². The Balaban J connectivity index is 1.83. The second-order valence-electron chi connectivity index (χ2n) is 5.90. The van der Waals surface area contributed by atoms with E-state index in [1.165, 1.54) is 0 Å². The molecule has 0 radical (unpaired) electrons. The molecule has 0 aliphatic rings. The van der Waals surface area contributed by atoms with Crippen LogP contribution in [0, 0.1) is 5.92 Å². The van der Waals surface area contributed by atoms with E-state index in [-0.39, 0.29) is 5.91 Å². The second-order valence-corrected chi connectivity index (χ2v) is 6.76. The van der Waals surface area contributed by atoms with Crippen LogP contribution in [0.2, 0.25) is 0 Å². The molecule has 0 unspecified atom stereocenters. The maximum absolute atomic E-state index is 11.8. The lowest BCUT2D eigenvalue weighted by Crippen LogP contribution is -2.25. The summed E-state index contributed by atoms with van der Waals surface area (Å²) < 4.78 is 5.16. The predicted octanol–water partition coefficient (Wildman–Crippen LogP) is 3.91. The van der Waals surface area contributed by atoms with Gasteiger partial charge in [-0.3, -0.25) is 4.79 Å². The fraction of sp³-hybridized carbons (Fsp3) is 0.444. The molecule has 2 aromatic rings. The van der Waals surface area contributed by atoms with Crippen molar-refractivity contribution in [3.63, 3.8) is 0 Å². The van der Waals surface area contributed by atoms with Crippen LogP contribution >= 0.6 is 11.3 Å². The summed E-state index contributed by atoms with van der Waals surface area (Å²) in [6, 6.07) is 7.86. The number of carbonyl (C=O) groups excluding carboxylic acids is 1. The quantitative estimate of drug-likeness (QED) is 0.797. The van der Waals surface area contributed by atoms with Gasteiger partial charge in [0.15, 0.2) is 0 Å². The van der Waals surface area contributed by atoms with Crippen LogP contribution in [0.15, 0.2) is 29.6 Å². The van der Waals surface area contributed by atoms with Gasteiger partial charge in [0.2, 0.25) is 5.91 Å². The van der Waals surface area contributed by atoms with Crippen molar-refractivity contribution in [1.29, 1.82) is 0 Å². The zero-order chi connectivity index (χ0) is 16.7. The number of amides is 1. The van der Waals surface area contributed by atoms with E-state index in [1.807, 2.05) is 29.6 Å². The van der Waals surface area contributed by atoms with Gasteiger partial charge in [-0.1, -0.05) is 13.8 Å². The van der Waals surface area contributed by atoms with Crippen LogP contribution < -0.4 is 10.1 Å². The molecule has 124 valence electrons. The zero-order valence-electron chi connectivity index (χ0n) is 14.0. The maximum Gasteiger partial charge on any atom is 0.220 e. The third-order valence-corrected chi connectivity index (χ3v) is 4.48. The Hall–Kier alpha value is -1.88. The number of benzene rings is 1. The van der Waals surface area contributed by atoms with Gasteiger partial charge in [0.25, 0.3) is 0 Å². The molecule has 1 heterocycles. The molecule has 5 heteroatoms. The molecule has 0 bridgehead atoms. The van der Waals surface area contributed by atoms with Gasteiger partial charge >= 0.3 is 0 Å². The zero-order valence-corrected chi connectivity index (χ0v) is 14.8. The smallest absolute Gasteiger partial charge is 0.220 e. The molecule has 0 aliphatic carbocycles. The molecule has 0 spiro atoms. The number of thiazole rings is 1. The molecule has 0 fully saturated rings. The lowest BCUT2D eigenvalue weighted by molar-refractivity contribution is -0.121. The van der Waals surface area contributed by atoms with E-state index < -0.39 is 0 Å². The first-order valence-corrected chi connectivity index (χ1v) is 8.82. The molecule has 2 rings (SSSR count). The largest absolute Gasteiger partial charge is 0.497 e. The molecule has 0 aliphatic heterocycles. The summed E-state index contributed by atoms with van der Waals surface area (Å²) in [7, 11) is 1.66. The third-order valence-electron chi connectivity index (χ3n) is 3.54. The average Bonchev–Trinajstić information content (AvgIpc) is 3.01. The summed E-state index contributed by atoms with van der Waals surface area (Å²) in [6.45, 7) is 5.06. The van der Waals surface area contributed by atoms with Gasteiger partial charge in [-0.15, -0.1) is 11.3 Å². The van der Waals surface area contributed by atoms with Crippen molar-refractivity contribution in [2.45, 2.75) is 33.1 Å². The number of hydrogen-bond acceptors (Lipinski definition) is 4. The molecular weight excluding hydrogens is 308 g/mol. The molecule has 1 amide bonds. The first-order chi connectivity index (χ1) is 11.1. The molecule has 1 aromatic heterocycles. The van der Waals surface area contributed by atoms with Gasteiger partial charge < -0.3 is 10.1 Å². The minimum Gasteiger partial charge on any atom is -0.497 e. The second kappa shape index (κ2) is 8.67. The number of ether oxygens (including phenoxy) is 1. The lowest BCUT2D eigenvalue weighted by atomic mass is 10.1. The van der Waals surface area contributed by atoms with Crippen molar-refractivity contribution in [3.8, 4) is 16.3 Å². The number of methoxy groups -OCH3 is 1. The highest BCUT2D eigenvalue weighted by Crippen LogP contribution is 2.26. The summed E-state index contributed by atoms with van der Waals surface area (Å²) in [6.07, 6.45) is 2.19. The van der Waals surface area contributed by atoms with E-state index >= 15 is 0 Å². The average molecular weight is 332 g/mol. The molecule has 0 saturated carbocycles. The topological polar surface area (TPSA) is 51.2 Å². The summed E-state index contributed by atoms with van der Waals surface area (Å²) >= 11 is 1.61. The molecule has 0 saturated heterocycles. The lowest BCUT2D eigenvalue weighted by Gasteiger charge is -2.06. The molecular formula is C18H24N2O2S. The van der Waals surface area contributed by atoms with Gasteiger partial charge in [0, 0.05) is 23.9 Å². The number of carbonyl (C=O) groups is 1. The highest BCUT2D eigenvalue weighted by Gasteiger charge is 2.08. The van der Waals surface area contributed by atoms with Crippen LogP contribution in [0.4, 0.5) is 0 Å². The standard InChI is InChI=1S/C18H24N2O2S/c1-13(2)10-11-19-17(21)9-6-15-12-23-18(20-15)14-4-7-16(22-3)8-5-14/h4-5,7-8,12-13H,6,9-11H2,1-3H3,(H,19,21). The number of hydrogen-bond donors (Lipinski definition) is 1. The Morgan fingerprint density at radius 2 is 2.04 bits per heavy atom. The maximum atomic E-state index is 11.8. The number of aryl methyl sites for hydroxylation is 1. The first kappa shape index (κ1) is 17.5. The molecule has 1 N–H and O–H groups in total. The fourth-order valence-corrected chi connectivity index (χ4v) is 2.98. The Bertz CT molecular complexity index is 620. The van der Waals surface area contributed by atoms with Crippen LogP contribution in [-0.4, -0.2) is 24.5 Å². The summed E-state index contributed by atoms with van der Waals surface area (Å²) in [5.74, 6) is 1.55.